The van der Waals surface area contributed by atoms with Crippen LogP contribution in [0.2, 0.25) is 0 Å². The van der Waals surface area contributed by atoms with Crippen LogP contribution in [-0.4, -0.2) is 59.8 Å². The quantitative estimate of drug-likeness (QED) is 0.255. The van der Waals surface area contributed by atoms with E-state index in [0.29, 0.717) is 29.9 Å². The fraction of sp³-hybridized carbons (Fsp3) is 0.393. The number of hydrogen-bond acceptors (Lipinski definition) is 8. The summed E-state index contributed by atoms with van der Waals surface area (Å²) < 4.78 is 59.8. The average Bonchev–Trinajstić information content (AvgIpc) is 3.72. The standard InChI is InChI=1S/C28H29F3N4O5/c1-2-20(17-38-21-7-5-18(6-8-21)25-33-27(40-34-25)28(29,30)31)32-26(36)24-16-19-15-22(9-10-23(19)39-24)37-14-13-35-11-3-4-12-35/h5-10,15-16,20H,2-4,11-14,17H2,1H3,(H,32,36)/t20-/m0/s1. The van der Waals surface area contributed by atoms with Crippen molar-refractivity contribution in [1.82, 2.24) is 20.4 Å². The van der Waals surface area contributed by atoms with E-state index in [0.717, 1.165) is 30.8 Å². The molecule has 1 aliphatic rings. The van der Waals surface area contributed by atoms with Gasteiger partial charge in [0.25, 0.3) is 5.91 Å². The summed E-state index contributed by atoms with van der Waals surface area (Å²) in [5, 5.41) is 7.06. The van der Waals surface area contributed by atoms with E-state index in [-0.39, 0.29) is 30.1 Å². The zero-order chi connectivity index (χ0) is 28.1. The third-order valence-corrected chi connectivity index (χ3v) is 6.65. The Labute approximate surface area is 228 Å². The Morgan fingerprint density at radius 3 is 2.52 bits per heavy atom. The molecule has 2 aromatic carbocycles. The molecule has 9 nitrogen and oxygen atoms in total. The van der Waals surface area contributed by atoms with Crippen LogP contribution in [0.4, 0.5) is 13.2 Å². The first kappa shape index (κ1) is 27.5. The minimum absolute atomic E-state index is 0.177. The van der Waals surface area contributed by atoms with Gasteiger partial charge in [-0.1, -0.05) is 12.1 Å². The molecule has 2 aromatic heterocycles. The molecule has 0 aliphatic carbocycles. The monoisotopic (exact) mass is 558 g/mol. The third kappa shape index (κ3) is 6.74. The number of furan rings is 1. The van der Waals surface area contributed by atoms with Crippen molar-refractivity contribution in [2.45, 2.75) is 38.4 Å². The number of carbonyl (C=O) groups is 1. The molecular formula is C28H29F3N4O5. The summed E-state index contributed by atoms with van der Waals surface area (Å²) in [7, 11) is 0. The van der Waals surface area contributed by atoms with E-state index < -0.39 is 12.1 Å². The highest BCUT2D eigenvalue weighted by molar-refractivity contribution is 5.96. The maximum absolute atomic E-state index is 12.9. The fourth-order valence-electron chi connectivity index (χ4n) is 4.39. The minimum Gasteiger partial charge on any atom is -0.492 e. The molecule has 0 spiro atoms. The molecule has 1 aliphatic heterocycles. The van der Waals surface area contributed by atoms with Gasteiger partial charge in [0.2, 0.25) is 5.82 Å². The highest BCUT2D eigenvalue weighted by Gasteiger charge is 2.38. The Bertz CT molecular complexity index is 1430. The van der Waals surface area contributed by atoms with Crippen molar-refractivity contribution in [3.8, 4) is 22.9 Å². The number of benzene rings is 2. The first-order valence-corrected chi connectivity index (χ1v) is 13.1. The van der Waals surface area contributed by atoms with Gasteiger partial charge in [-0.15, -0.1) is 0 Å². The maximum atomic E-state index is 12.9. The molecule has 5 rings (SSSR count). The summed E-state index contributed by atoms with van der Waals surface area (Å²) in [6, 6.07) is 13.1. The number of rotatable bonds is 11. The van der Waals surface area contributed by atoms with E-state index in [4.69, 9.17) is 13.9 Å². The fourth-order valence-corrected chi connectivity index (χ4v) is 4.39. The molecule has 40 heavy (non-hydrogen) atoms. The number of fused-ring (bicyclic) bond motifs is 1. The zero-order valence-corrected chi connectivity index (χ0v) is 21.9. The molecule has 1 fully saturated rings. The van der Waals surface area contributed by atoms with Crippen molar-refractivity contribution < 1.29 is 36.4 Å². The van der Waals surface area contributed by atoms with Gasteiger partial charge in [-0.3, -0.25) is 9.69 Å². The van der Waals surface area contributed by atoms with Crippen LogP contribution in [-0.2, 0) is 6.18 Å². The lowest BCUT2D eigenvalue weighted by Gasteiger charge is -2.17. The van der Waals surface area contributed by atoms with Crippen molar-refractivity contribution in [1.29, 1.82) is 0 Å². The van der Waals surface area contributed by atoms with E-state index in [1.165, 1.54) is 25.0 Å². The van der Waals surface area contributed by atoms with Crippen molar-refractivity contribution in [3.63, 3.8) is 0 Å². The summed E-state index contributed by atoms with van der Waals surface area (Å²) in [5.41, 5.74) is 0.933. The summed E-state index contributed by atoms with van der Waals surface area (Å²) in [5.74, 6) is -0.566. The first-order valence-electron chi connectivity index (χ1n) is 13.1. The molecule has 1 atom stereocenters. The van der Waals surface area contributed by atoms with Crippen LogP contribution in [0.25, 0.3) is 22.4 Å². The second kappa shape index (κ2) is 12.0. The molecule has 0 saturated carbocycles. The van der Waals surface area contributed by atoms with Crippen LogP contribution in [0.3, 0.4) is 0 Å². The van der Waals surface area contributed by atoms with Gasteiger partial charge in [0.15, 0.2) is 5.76 Å². The SMILES string of the molecule is CC[C@@H](COc1ccc(-c2noc(C(F)(F)F)n2)cc1)NC(=O)c1cc2cc(OCCN3CCCC3)ccc2o1. The Morgan fingerprint density at radius 1 is 1.07 bits per heavy atom. The Balaban J connectivity index is 1.13. The van der Waals surface area contributed by atoms with E-state index >= 15 is 0 Å². The van der Waals surface area contributed by atoms with Crippen molar-refractivity contribution in [2.24, 2.45) is 0 Å². The van der Waals surface area contributed by atoms with Gasteiger partial charge in [0, 0.05) is 17.5 Å². The highest BCUT2D eigenvalue weighted by Crippen LogP contribution is 2.30. The molecule has 0 unspecified atom stereocenters. The van der Waals surface area contributed by atoms with Gasteiger partial charge < -0.3 is 23.7 Å². The van der Waals surface area contributed by atoms with Gasteiger partial charge >= 0.3 is 12.1 Å². The number of amides is 1. The number of carbonyl (C=O) groups excluding carboxylic acids is 1. The largest absolute Gasteiger partial charge is 0.492 e. The number of ether oxygens (including phenoxy) is 2. The van der Waals surface area contributed by atoms with Gasteiger partial charge in [-0.05, 0) is 80.9 Å². The van der Waals surface area contributed by atoms with Crippen molar-refractivity contribution in [2.75, 3.05) is 32.8 Å². The van der Waals surface area contributed by atoms with Gasteiger partial charge in [-0.2, -0.15) is 18.2 Å². The van der Waals surface area contributed by atoms with Crippen LogP contribution in [0.1, 0.15) is 42.6 Å². The number of likely N-dealkylation sites (tertiary alicyclic amines) is 1. The molecule has 1 N–H and O–H groups in total. The molecule has 3 heterocycles. The van der Waals surface area contributed by atoms with Crippen molar-refractivity contribution in [3.05, 3.63) is 60.2 Å². The topological polar surface area (TPSA) is 103 Å². The Kier molecular flexibility index (Phi) is 8.24. The third-order valence-electron chi connectivity index (χ3n) is 6.65. The summed E-state index contributed by atoms with van der Waals surface area (Å²) >= 11 is 0. The molecule has 12 heteroatoms. The molecule has 0 bridgehead atoms. The summed E-state index contributed by atoms with van der Waals surface area (Å²) in [4.78, 5) is 18.6. The van der Waals surface area contributed by atoms with Crippen LogP contribution >= 0.6 is 0 Å². The van der Waals surface area contributed by atoms with E-state index in [9.17, 15) is 18.0 Å². The summed E-state index contributed by atoms with van der Waals surface area (Å²) in [6.45, 7) is 5.83. The lowest BCUT2D eigenvalue weighted by molar-refractivity contribution is -0.159. The van der Waals surface area contributed by atoms with Crippen LogP contribution in [0, 0.1) is 0 Å². The number of nitrogens with one attached hydrogen (secondary N) is 1. The van der Waals surface area contributed by atoms with Crippen molar-refractivity contribution >= 4 is 16.9 Å². The minimum atomic E-state index is -4.71. The number of nitrogens with zero attached hydrogens (tertiary/aromatic N) is 3. The molecule has 0 radical (unpaired) electrons. The normalized spacial score (nSPS) is 14.9. The van der Waals surface area contributed by atoms with Crippen LogP contribution in [0.5, 0.6) is 11.5 Å². The molecule has 1 saturated heterocycles. The van der Waals surface area contributed by atoms with Gasteiger partial charge in [-0.25, -0.2) is 0 Å². The predicted octanol–water partition coefficient (Wildman–Crippen LogP) is 5.56. The lowest BCUT2D eigenvalue weighted by Crippen LogP contribution is -2.38. The van der Waals surface area contributed by atoms with Crippen LogP contribution in [0.15, 0.2) is 57.5 Å². The lowest BCUT2D eigenvalue weighted by atomic mass is 10.2. The number of halogens is 3. The first-order chi connectivity index (χ1) is 19.3. The van der Waals surface area contributed by atoms with Gasteiger partial charge in [0.05, 0.1) is 6.04 Å². The van der Waals surface area contributed by atoms with Crippen LogP contribution < -0.4 is 14.8 Å². The zero-order valence-electron chi connectivity index (χ0n) is 21.9. The number of hydrogen-bond donors (Lipinski definition) is 1. The molecular weight excluding hydrogens is 529 g/mol. The van der Waals surface area contributed by atoms with Gasteiger partial charge in [0.1, 0.15) is 30.3 Å². The molecule has 212 valence electrons. The average molecular weight is 559 g/mol. The molecule has 4 aromatic rings. The van der Waals surface area contributed by atoms with E-state index in [1.807, 2.05) is 19.1 Å². The number of alkyl halides is 3. The highest BCUT2D eigenvalue weighted by atomic mass is 19.4. The molecule has 1 amide bonds. The number of aromatic nitrogens is 2. The maximum Gasteiger partial charge on any atom is 0.471 e. The summed E-state index contributed by atoms with van der Waals surface area (Å²) in [6.07, 6.45) is -1.63. The predicted molar refractivity (Wildman–Crippen MR) is 139 cm³/mol. The second-order valence-corrected chi connectivity index (χ2v) is 9.54. The Hall–Kier alpha value is -4.06. The van der Waals surface area contributed by atoms with E-state index in [1.54, 1.807) is 24.3 Å². The Morgan fingerprint density at radius 2 is 1.82 bits per heavy atom. The smallest absolute Gasteiger partial charge is 0.471 e. The van der Waals surface area contributed by atoms with E-state index in [2.05, 4.69) is 24.9 Å². The second-order valence-electron chi connectivity index (χ2n) is 9.54.